The second-order valence-corrected chi connectivity index (χ2v) is 4.37. The Bertz CT molecular complexity index is 456. The summed E-state index contributed by atoms with van der Waals surface area (Å²) in [7, 11) is 0. The molecular weight excluding hydrogens is 303 g/mol. The van der Waals surface area contributed by atoms with Crippen molar-refractivity contribution < 1.29 is 4.74 Å². The first kappa shape index (κ1) is 10.4. The molecule has 0 fully saturated rings. The van der Waals surface area contributed by atoms with E-state index >= 15 is 0 Å². The summed E-state index contributed by atoms with van der Waals surface area (Å²) in [5, 5.41) is 7.70. The highest BCUT2D eigenvalue weighted by molar-refractivity contribution is 14.1. The molecule has 1 aromatic heterocycles. The average molecular weight is 312 g/mol. The number of aryl methyl sites for hydroxylation is 1. The van der Waals surface area contributed by atoms with E-state index in [9.17, 15) is 0 Å². The largest absolute Gasteiger partial charge is 0.438 e. The first-order valence-corrected chi connectivity index (χ1v) is 5.55. The number of nitrogens with zero attached hydrogens (tertiary/aromatic N) is 2. The number of hydrogen-bond donors (Lipinski definition) is 0. The minimum absolute atomic E-state index is 0.524. The van der Waals surface area contributed by atoms with Crippen molar-refractivity contribution in [2.24, 2.45) is 0 Å². The summed E-state index contributed by atoms with van der Waals surface area (Å²) < 4.78 is 6.71. The fourth-order valence-corrected chi connectivity index (χ4v) is 1.47. The normalized spacial score (nSPS) is 10.0. The van der Waals surface area contributed by atoms with Crippen LogP contribution in [0.2, 0.25) is 0 Å². The maximum absolute atomic E-state index is 5.54. The standard InChI is InChI=1S/C11H9IN2O/c1-8-6-11(14-13-7-8)15-10-4-2-9(12)3-5-10/h2-7H,1H3. The van der Waals surface area contributed by atoms with E-state index in [-0.39, 0.29) is 0 Å². The molecular formula is C11H9IN2O. The van der Waals surface area contributed by atoms with Gasteiger partial charge in [-0.1, -0.05) is 0 Å². The Morgan fingerprint density at radius 2 is 1.93 bits per heavy atom. The zero-order chi connectivity index (χ0) is 10.7. The topological polar surface area (TPSA) is 35.0 Å². The van der Waals surface area contributed by atoms with Gasteiger partial charge in [-0.05, 0) is 59.3 Å². The predicted molar refractivity (Wildman–Crippen MR) is 66.0 cm³/mol. The summed E-state index contributed by atoms with van der Waals surface area (Å²) in [5.41, 5.74) is 1.03. The molecule has 0 aliphatic rings. The molecule has 76 valence electrons. The predicted octanol–water partition coefficient (Wildman–Crippen LogP) is 3.18. The molecule has 15 heavy (non-hydrogen) atoms. The minimum atomic E-state index is 0.524. The maximum atomic E-state index is 5.54. The minimum Gasteiger partial charge on any atom is -0.438 e. The smallest absolute Gasteiger partial charge is 0.239 e. The van der Waals surface area contributed by atoms with Crippen LogP contribution in [0.4, 0.5) is 0 Å². The highest BCUT2D eigenvalue weighted by Crippen LogP contribution is 2.20. The molecule has 2 rings (SSSR count). The third-order valence-corrected chi connectivity index (χ3v) is 2.52. The molecule has 1 aromatic carbocycles. The van der Waals surface area contributed by atoms with E-state index in [0.29, 0.717) is 5.88 Å². The Kier molecular flexibility index (Phi) is 3.15. The van der Waals surface area contributed by atoms with E-state index < -0.39 is 0 Å². The van der Waals surface area contributed by atoms with Gasteiger partial charge in [0, 0.05) is 9.64 Å². The lowest BCUT2D eigenvalue weighted by molar-refractivity contribution is 0.454. The van der Waals surface area contributed by atoms with Gasteiger partial charge in [0.15, 0.2) is 0 Å². The van der Waals surface area contributed by atoms with E-state index in [1.54, 1.807) is 6.20 Å². The Morgan fingerprint density at radius 3 is 2.60 bits per heavy atom. The van der Waals surface area contributed by atoms with Crippen molar-refractivity contribution in [3.05, 3.63) is 45.7 Å². The number of aromatic nitrogens is 2. The summed E-state index contributed by atoms with van der Waals surface area (Å²) in [4.78, 5) is 0. The molecule has 0 atom stereocenters. The average Bonchev–Trinajstić information content (AvgIpc) is 2.22. The molecule has 0 saturated carbocycles. The molecule has 1 heterocycles. The van der Waals surface area contributed by atoms with Gasteiger partial charge in [0.1, 0.15) is 5.75 Å². The van der Waals surface area contributed by atoms with Crippen LogP contribution in [0.5, 0.6) is 11.6 Å². The Hall–Kier alpha value is -1.17. The lowest BCUT2D eigenvalue weighted by atomic mass is 10.3. The number of hydrogen-bond acceptors (Lipinski definition) is 3. The fraction of sp³-hybridized carbons (Fsp3) is 0.0909. The van der Waals surface area contributed by atoms with Crippen molar-refractivity contribution in [1.82, 2.24) is 10.2 Å². The quantitative estimate of drug-likeness (QED) is 0.799. The molecule has 2 aromatic rings. The number of ether oxygens (including phenoxy) is 1. The van der Waals surface area contributed by atoms with Crippen molar-refractivity contribution in [3.8, 4) is 11.6 Å². The van der Waals surface area contributed by atoms with Crippen molar-refractivity contribution >= 4 is 22.6 Å². The fourth-order valence-electron chi connectivity index (χ4n) is 1.11. The number of rotatable bonds is 2. The van der Waals surface area contributed by atoms with Gasteiger partial charge in [-0.3, -0.25) is 0 Å². The second kappa shape index (κ2) is 4.57. The van der Waals surface area contributed by atoms with E-state index in [2.05, 4.69) is 32.8 Å². The lowest BCUT2D eigenvalue weighted by Crippen LogP contribution is -1.90. The van der Waals surface area contributed by atoms with Crippen LogP contribution in [0.25, 0.3) is 0 Å². The van der Waals surface area contributed by atoms with E-state index in [1.807, 2.05) is 37.3 Å². The molecule has 0 spiro atoms. The van der Waals surface area contributed by atoms with Crippen LogP contribution in [-0.4, -0.2) is 10.2 Å². The summed E-state index contributed by atoms with van der Waals surface area (Å²) in [6.07, 6.45) is 1.70. The molecule has 0 bridgehead atoms. The maximum Gasteiger partial charge on any atom is 0.239 e. The molecule has 4 heteroatoms. The van der Waals surface area contributed by atoms with Gasteiger partial charge in [0.2, 0.25) is 5.88 Å². The van der Waals surface area contributed by atoms with Crippen LogP contribution < -0.4 is 4.74 Å². The molecule has 0 saturated heterocycles. The van der Waals surface area contributed by atoms with Gasteiger partial charge < -0.3 is 4.74 Å². The van der Waals surface area contributed by atoms with Crippen LogP contribution in [-0.2, 0) is 0 Å². The first-order valence-electron chi connectivity index (χ1n) is 4.47. The summed E-state index contributed by atoms with van der Waals surface area (Å²) in [6.45, 7) is 1.95. The second-order valence-electron chi connectivity index (χ2n) is 3.13. The molecule has 0 N–H and O–H groups in total. The summed E-state index contributed by atoms with van der Waals surface area (Å²) in [5.74, 6) is 1.30. The van der Waals surface area contributed by atoms with Gasteiger partial charge >= 0.3 is 0 Å². The van der Waals surface area contributed by atoms with Crippen molar-refractivity contribution in [3.63, 3.8) is 0 Å². The highest BCUT2D eigenvalue weighted by atomic mass is 127. The molecule has 0 unspecified atom stereocenters. The molecule has 0 amide bonds. The van der Waals surface area contributed by atoms with E-state index in [1.165, 1.54) is 3.57 Å². The zero-order valence-corrected chi connectivity index (χ0v) is 10.3. The molecule has 0 aliphatic carbocycles. The van der Waals surface area contributed by atoms with Crippen LogP contribution in [0.1, 0.15) is 5.56 Å². The van der Waals surface area contributed by atoms with Crippen LogP contribution in [0.3, 0.4) is 0 Å². The van der Waals surface area contributed by atoms with Gasteiger partial charge in [-0.2, -0.15) is 5.10 Å². The third-order valence-electron chi connectivity index (χ3n) is 1.80. The Balaban J connectivity index is 2.18. The highest BCUT2D eigenvalue weighted by Gasteiger charge is 1.98. The van der Waals surface area contributed by atoms with Crippen LogP contribution >= 0.6 is 22.6 Å². The Labute approximate surface area is 102 Å². The molecule has 0 aliphatic heterocycles. The van der Waals surface area contributed by atoms with Crippen molar-refractivity contribution in [2.75, 3.05) is 0 Å². The first-order chi connectivity index (χ1) is 7.24. The van der Waals surface area contributed by atoms with Crippen molar-refractivity contribution in [1.29, 1.82) is 0 Å². The summed E-state index contributed by atoms with van der Waals surface area (Å²) >= 11 is 2.25. The molecule has 3 nitrogen and oxygen atoms in total. The monoisotopic (exact) mass is 312 g/mol. The van der Waals surface area contributed by atoms with Gasteiger partial charge in [0.05, 0.1) is 6.20 Å². The molecule has 0 radical (unpaired) electrons. The lowest BCUT2D eigenvalue weighted by Gasteiger charge is -2.03. The van der Waals surface area contributed by atoms with Gasteiger partial charge in [0.25, 0.3) is 0 Å². The van der Waals surface area contributed by atoms with Gasteiger partial charge in [-0.25, -0.2) is 0 Å². The number of halogens is 1. The van der Waals surface area contributed by atoms with Gasteiger partial charge in [-0.15, -0.1) is 5.10 Å². The Morgan fingerprint density at radius 1 is 1.20 bits per heavy atom. The van der Waals surface area contributed by atoms with Crippen molar-refractivity contribution in [2.45, 2.75) is 6.92 Å². The van der Waals surface area contributed by atoms with E-state index in [4.69, 9.17) is 4.74 Å². The zero-order valence-electron chi connectivity index (χ0n) is 8.14. The van der Waals surface area contributed by atoms with Crippen LogP contribution in [0.15, 0.2) is 36.5 Å². The third kappa shape index (κ3) is 2.89. The van der Waals surface area contributed by atoms with Crippen LogP contribution in [0, 0.1) is 10.5 Å². The summed E-state index contributed by atoms with van der Waals surface area (Å²) in [6, 6.07) is 9.64. The van der Waals surface area contributed by atoms with E-state index in [0.717, 1.165) is 11.3 Å². The number of benzene rings is 1. The SMILES string of the molecule is Cc1cnnc(Oc2ccc(I)cc2)c1.